The maximum absolute atomic E-state index is 12.5. The zero-order chi connectivity index (χ0) is 19.2. The molecule has 1 N–H and O–H groups in total. The summed E-state index contributed by atoms with van der Waals surface area (Å²) in [6.07, 6.45) is 0.250. The molecule has 3 aromatic rings. The Hall–Kier alpha value is -2.66. The number of rotatable bonds is 7. The van der Waals surface area contributed by atoms with Crippen LogP contribution in [0.1, 0.15) is 37.9 Å². The van der Waals surface area contributed by atoms with Crippen LogP contribution in [0.25, 0.3) is 10.6 Å². The lowest BCUT2D eigenvalue weighted by Crippen LogP contribution is -2.16. The molecule has 0 atom stereocenters. The van der Waals surface area contributed by atoms with E-state index < -0.39 is 0 Å². The average molecular weight is 381 g/mol. The number of thiazole rings is 1. The Morgan fingerprint density at radius 1 is 1.15 bits per heavy atom. The highest BCUT2D eigenvalue weighted by Gasteiger charge is 2.14. The molecule has 0 aliphatic carbocycles. The summed E-state index contributed by atoms with van der Waals surface area (Å²) in [5.74, 6) is 1.11. The highest BCUT2D eigenvalue weighted by molar-refractivity contribution is 7.13. The normalized spacial score (nSPS) is 10.8. The first-order chi connectivity index (χ1) is 13.1. The van der Waals surface area contributed by atoms with E-state index in [2.05, 4.69) is 24.1 Å². The van der Waals surface area contributed by atoms with Crippen molar-refractivity contribution in [2.75, 3.05) is 11.9 Å². The first-order valence-electron chi connectivity index (χ1n) is 9.13. The van der Waals surface area contributed by atoms with Gasteiger partial charge in [0.1, 0.15) is 10.8 Å². The van der Waals surface area contributed by atoms with E-state index in [0.29, 0.717) is 12.5 Å². The van der Waals surface area contributed by atoms with Crippen molar-refractivity contribution in [2.24, 2.45) is 0 Å². The molecule has 0 spiro atoms. The number of nitrogens with one attached hydrogen (secondary N) is 1. The molecule has 0 fully saturated rings. The highest BCUT2D eigenvalue weighted by Crippen LogP contribution is 2.32. The number of aromatic nitrogens is 1. The van der Waals surface area contributed by atoms with E-state index >= 15 is 0 Å². The van der Waals surface area contributed by atoms with Gasteiger partial charge in [0.25, 0.3) is 0 Å². The van der Waals surface area contributed by atoms with Crippen LogP contribution in [0.2, 0.25) is 0 Å². The van der Waals surface area contributed by atoms with Crippen molar-refractivity contribution in [3.05, 3.63) is 65.2 Å². The molecule has 2 aromatic carbocycles. The van der Waals surface area contributed by atoms with Crippen LogP contribution in [0.3, 0.4) is 0 Å². The molecular weight excluding hydrogens is 356 g/mol. The van der Waals surface area contributed by atoms with Gasteiger partial charge in [-0.2, -0.15) is 0 Å². The van der Waals surface area contributed by atoms with Gasteiger partial charge in [0.2, 0.25) is 5.91 Å². The molecule has 0 aliphatic rings. The predicted octanol–water partition coefficient (Wildman–Crippen LogP) is 5.51. The predicted molar refractivity (Wildman–Crippen MR) is 112 cm³/mol. The zero-order valence-electron chi connectivity index (χ0n) is 15.9. The van der Waals surface area contributed by atoms with E-state index in [9.17, 15) is 4.79 Å². The first-order valence-corrected chi connectivity index (χ1v) is 10.0. The number of nitrogens with zero attached hydrogens (tertiary/aromatic N) is 1. The van der Waals surface area contributed by atoms with Crippen LogP contribution in [0.5, 0.6) is 5.75 Å². The molecule has 0 saturated heterocycles. The lowest BCUT2D eigenvalue weighted by atomic mass is 10.0. The van der Waals surface area contributed by atoms with E-state index in [1.165, 1.54) is 11.3 Å². The Morgan fingerprint density at radius 3 is 2.67 bits per heavy atom. The summed E-state index contributed by atoms with van der Waals surface area (Å²) in [6.45, 7) is 6.80. The fourth-order valence-electron chi connectivity index (χ4n) is 2.91. The van der Waals surface area contributed by atoms with Crippen molar-refractivity contribution in [2.45, 2.75) is 33.1 Å². The number of para-hydroxylation sites is 2. The number of carbonyl (C=O) groups is 1. The van der Waals surface area contributed by atoms with Crippen LogP contribution < -0.4 is 10.1 Å². The number of hydrogen-bond donors (Lipinski definition) is 1. The van der Waals surface area contributed by atoms with E-state index in [4.69, 9.17) is 4.74 Å². The topological polar surface area (TPSA) is 51.2 Å². The van der Waals surface area contributed by atoms with Crippen molar-refractivity contribution in [1.29, 1.82) is 0 Å². The number of anilines is 1. The molecule has 140 valence electrons. The van der Waals surface area contributed by atoms with Crippen LogP contribution >= 0.6 is 11.3 Å². The molecule has 0 radical (unpaired) electrons. The molecular formula is C22H24N2O2S. The lowest BCUT2D eigenvalue weighted by molar-refractivity contribution is -0.115. The lowest BCUT2D eigenvalue weighted by Gasteiger charge is -2.13. The van der Waals surface area contributed by atoms with Crippen LogP contribution in [0.4, 0.5) is 5.69 Å². The molecule has 5 heteroatoms. The summed E-state index contributed by atoms with van der Waals surface area (Å²) in [6, 6.07) is 15.8. The summed E-state index contributed by atoms with van der Waals surface area (Å²) in [4.78, 5) is 17.1. The van der Waals surface area contributed by atoms with E-state index in [1.54, 1.807) is 0 Å². The van der Waals surface area contributed by atoms with Gasteiger partial charge in [-0.3, -0.25) is 4.79 Å². The summed E-state index contributed by atoms with van der Waals surface area (Å²) >= 11 is 1.53. The Labute approximate surface area is 164 Å². The molecule has 27 heavy (non-hydrogen) atoms. The molecule has 0 aliphatic heterocycles. The second kappa shape index (κ2) is 8.82. The van der Waals surface area contributed by atoms with Gasteiger partial charge in [0.15, 0.2) is 0 Å². The van der Waals surface area contributed by atoms with E-state index in [-0.39, 0.29) is 12.3 Å². The molecule has 3 rings (SSSR count). The Morgan fingerprint density at radius 2 is 1.89 bits per heavy atom. The quantitative estimate of drug-likeness (QED) is 0.588. The van der Waals surface area contributed by atoms with Crippen molar-refractivity contribution >= 4 is 22.9 Å². The van der Waals surface area contributed by atoms with Crippen molar-refractivity contribution in [3.8, 4) is 16.3 Å². The second-order valence-electron chi connectivity index (χ2n) is 6.54. The maximum atomic E-state index is 12.5. The van der Waals surface area contributed by atoms with Gasteiger partial charge in [0, 0.05) is 11.1 Å². The van der Waals surface area contributed by atoms with Gasteiger partial charge >= 0.3 is 0 Å². The van der Waals surface area contributed by atoms with Gasteiger partial charge in [-0.25, -0.2) is 4.98 Å². The van der Waals surface area contributed by atoms with Crippen LogP contribution in [0, 0.1) is 0 Å². The number of hydrogen-bond acceptors (Lipinski definition) is 4. The molecule has 1 aromatic heterocycles. The number of carbonyl (C=O) groups excluding carboxylic acids is 1. The van der Waals surface area contributed by atoms with Crippen molar-refractivity contribution < 1.29 is 9.53 Å². The fourth-order valence-corrected chi connectivity index (χ4v) is 3.76. The highest BCUT2D eigenvalue weighted by atomic mass is 32.1. The molecule has 1 amide bonds. The Kier molecular flexibility index (Phi) is 6.24. The largest absolute Gasteiger partial charge is 0.493 e. The molecule has 0 bridgehead atoms. The number of benzene rings is 2. The van der Waals surface area contributed by atoms with Gasteiger partial charge in [-0.05, 0) is 36.6 Å². The molecule has 0 unspecified atom stereocenters. The van der Waals surface area contributed by atoms with Crippen LogP contribution in [-0.4, -0.2) is 17.5 Å². The maximum Gasteiger partial charge on any atom is 0.230 e. The monoisotopic (exact) mass is 380 g/mol. The molecule has 0 saturated carbocycles. The Balaban J connectivity index is 1.72. The zero-order valence-corrected chi connectivity index (χ0v) is 16.7. The van der Waals surface area contributed by atoms with E-state index in [1.807, 2.05) is 60.8 Å². The van der Waals surface area contributed by atoms with Gasteiger partial charge in [0.05, 0.1) is 24.3 Å². The molecule has 1 heterocycles. The third-order valence-electron chi connectivity index (χ3n) is 4.17. The Bertz CT molecular complexity index is 918. The summed E-state index contributed by atoms with van der Waals surface area (Å²) in [5.41, 5.74) is 3.73. The summed E-state index contributed by atoms with van der Waals surface area (Å²) in [7, 11) is 0. The minimum Gasteiger partial charge on any atom is -0.493 e. The van der Waals surface area contributed by atoms with Gasteiger partial charge in [-0.1, -0.05) is 44.2 Å². The van der Waals surface area contributed by atoms with E-state index in [0.717, 1.165) is 33.3 Å². The van der Waals surface area contributed by atoms with Crippen LogP contribution in [-0.2, 0) is 11.2 Å². The summed E-state index contributed by atoms with van der Waals surface area (Å²) in [5, 5.41) is 5.82. The third-order valence-corrected chi connectivity index (χ3v) is 5.09. The standard InChI is InChI=1S/C22H24N2O2S/c1-4-26-20-12-8-6-10-18(20)22-23-16(14-27-22)13-21(25)24-19-11-7-5-9-17(19)15(2)3/h5-12,14-15H,4,13H2,1-3H3,(H,24,25). The number of ether oxygens (including phenoxy) is 1. The van der Waals surface area contributed by atoms with Gasteiger partial charge < -0.3 is 10.1 Å². The SMILES string of the molecule is CCOc1ccccc1-c1nc(CC(=O)Nc2ccccc2C(C)C)cs1. The molecule has 4 nitrogen and oxygen atoms in total. The average Bonchev–Trinajstić information content (AvgIpc) is 3.11. The summed E-state index contributed by atoms with van der Waals surface area (Å²) < 4.78 is 5.68. The van der Waals surface area contributed by atoms with Crippen LogP contribution in [0.15, 0.2) is 53.9 Å². The second-order valence-corrected chi connectivity index (χ2v) is 7.40. The fraction of sp³-hybridized carbons (Fsp3) is 0.273. The van der Waals surface area contributed by atoms with Crippen molar-refractivity contribution in [3.63, 3.8) is 0 Å². The van der Waals surface area contributed by atoms with Gasteiger partial charge in [-0.15, -0.1) is 11.3 Å². The third kappa shape index (κ3) is 4.74. The minimum atomic E-state index is -0.0574. The minimum absolute atomic E-state index is 0.0574. The number of amides is 1. The smallest absolute Gasteiger partial charge is 0.230 e. The van der Waals surface area contributed by atoms with Crippen molar-refractivity contribution in [1.82, 2.24) is 4.98 Å². The first kappa shape index (κ1) is 19.1.